The molecule has 1 aliphatic heterocycles. The van der Waals surface area contributed by atoms with E-state index in [0.717, 1.165) is 30.4 Å². The van der Waals surface area contributed by atoms with Gasteiger partial charge in [-0.3, -0.25) is 4.79 Å². The van der Waals surface area contributed by atoms with E-state index < -0.39 is 23.7 Å². The van der Waals surface area contributed by atoms with Crippen molar-refractivity contribution >= 4 is 17.7 Å². The molecule has 4 nitrogen and oxygen atoms in total. The number of benzene rings is 1. The number of aliphatic hydroxyl groups is 2. The van der Waals surface area contributed by atoms with Crippen LogP contribution in [0.25, 0.3) is 0 Å². The molecule has 1 fully saturated rings. The fraction of sp³-hybridized carbons (Fsp3) is 0.571. The number of carbonyl (C=O) groups is 1. The molecule has 0 aromatic heterocycles. The largest absolute Gasteiger partial charge is 0.419 e. The Morgan fingerprint density at radius 3 is 2.73 bits per heavy atom. The van der Waals surface area contributed by atoms with Crippen molar-refractivity contribution < 1.29 is 32.6 Å². The lowest BCUT2D eigenvalue weighted by molar-refractivity contribution is -0.140. The van der Waals surface area contributed by atoms with Crippen LogP contribution < -0.4 is 0 Å². The highest BCUT2D eigenvalue weighted by Crippen LogP contribution is 2.32. The Labute approximate surface area is 178 Å². The third-order valence-corrected chi connectivity index (χ3v) is 5.93. The van der Waals surface area contributed by atoms with Crippen molar-refractivity contribution in [2.45, 2.75) is 50.4 Å². The van der Waals surface area contributed by atoms with Crippen molar-refractivity contribution in [2.24, 2.45) is 0 Å². The Balaban J connectivity index is 1.88. The Bertz CT molecular complexity index is 727. The van der Waals surface area contributed by atoms with E-state index in [1.807, 2.05) is 0 Å². The van der Waals surface area contributed by atoms with Crippen LogP contribution in [0.5, 0.6) is 0 Å². The molecule has 1 aromatic carbocycles. The molecule has 9 heteroatoms. The molecule has 0 aliphatic carbocycles. The minimum Gasteiger partial charge on any atom is -0.396 e. The van der Waals surface area contributed by atoms with Gasteiger partial charge in [0.15, 0.2) is 0 Å². The summed E-state index contributed by atoms with van der Waals surface area (Å²) >= 11 is 1.71. The average Bonchev–Trinajstić information content (AvgIpc) is 3.03. The van der Waals surface area contributed by atoms with E-state index in [1.54, 1.807) is 22.7 Å². The van der Waals surface area contributed by atoms with Crippen molar-refractivity contribution in [1.82, 2.24) is 4.90 Å². The summed E-state index contributed by atoms with van der Waals surface area (Å²) in [5.41, 5.74) is -1.17. The number of halogens is 4. The molecule has 1 unspecified atom stereocenters. The molecule has 1 amide bonds. The molecule has 0 bridgehead atoms. The number of likely N-dealkylation sites (tertiary alicyclic amines) is 1. The van der Waals surface area contributed by atoms with Crippen molar-refractivity contribution in [3.05, 3.63) is 47.3 Å². The van der Waals surface area contributed by atoms with Gasteiger partial charge in [0.05, 0.1) is 17.7 Å². The monoisotopic (exact) mass is 449 g/mol. The molecule has 30 heavy (non-hydrogen) atoms. The summed E-state index contributed by atoms with van der Waals surface area (Å²) in [4.78, 5) is 13.8. The lowest BCUT2D eigenvalue weighted by atomic mass is 10.0. The van der Waals surface area contributed by atoms with Crippen LogP contribution in [0.15, 0.2) is 30.4 Å². The van der Waals surface area contributed by atoms with Gasteiger partial charge in [-0.25, -0.2) is 4.39 Å². The highest BCUT2D eigenvalue weighted by Gasteiger charge is 2.34. The molecule has 1 saturated heterocycles. The van der Waals surface area contributed by atoms with Crippen LogP contribution in [0.1, 0.15) is 36.8 Å². The Morgan fingerprint density at radius 1 is 1.27 bits per heavy atom. The molecule has 0 spiro atoms. The van der Waals surface area contributed by atoms with Crippen molar-refractivity contribution in [3.63, 3.8) is 0 Å². The van der Waals surface area contributed by atoms with E-state index in [4.69, 9.17) is 5.11 Å². The summed E-state index contributed by atoms with van der Waals surface area (Å²) < 4.78 is 51.8. The molecule has 1 heterocycles. The predicted molar refractivity (Wildman–Crippen MR) is 109 cm³/mol. The first-order valence-corrected chi connectivity index (χ1v) is 11.1. The quantitative estimate of drug-likeness (QED) is 0.307. The number of aliphatic hydroxyl groups excluding tert-OH is 2. The Morgan fingerprint density at radius 2 is 2.03 bits per heavy atom. The Kier molecular flexibility index (Phi) is 9.64. The number of amides is 1. The smallest absolute Gasteiger partial charge is 0.396 e. The van der Waals surface area contributed by atoms with E-state index in [1.165, 1.54) is 12.1 Å². The number of rotatable bonds is 11. The zero-order valence-electron chi connectivity index (χ0n) is 16.6. The first-order valence-electron chi connectivity index (χ1n) is 9.92. The van der Waals surface area contributed by atoms with Gasteiger partial charge < -0.3 is 15.1 Å². The van der Waals surface area contributed by atoms with Crippen LogP contribution in [-0.4, -0.2) is 57.8 Å². The van der Waals surface area contributed by atoms with Gasteiger partial charge >= 0.3 is 6.18 Å². The van der Waals surface area contributed by atoms with Gasteiger partial charge in [-0.05, 0) is 42.7 Å². The van der Waals surface area contributed by atoms with Crippen LogP contribution >= 0.6 is 11.8 Å². The predicted octanol–water partition coefficient (Wildman–Crippen LogP) is 3.80. The first kappa shape index (κ1) is 24.7. The molecule has 2 rings (SSSR count). The van der Waals surface area contributed by atoms with E-state index in [0.29, 0.717) is 25.5 Å². The maximum absolute atomic E-state index is 13.4. The van der Waals surface area contributed by atoms with Gasteiger partial charge in [-0.15, -0.1) is 0 Å². The van der Waals surface area contributed by atoms with Gasteiger partial charge in [0.1, 0.15) is 5.82 Å². The second-order valence-electron chi connectivity index (χ2n) is 7.20. The SMILES string of the molecule is O=C1CCC(/C=C/[C@@H](O)Cc2ccc(F)c(C(F)(F)F)c2)N1CCSCCCCO. The van der Waals surface area contributed by atoms with Gasteiger partial charge in [-0.1, -0.05) is 18.2 Å². The number of carbonyl (C=O) groups excluding carboxylic acids is 1. The molecule has 1 aliphatic rings. The number of alkyl halides is 3. The summed E-state index contributed by atoms with van der Waals surface area (Å²) in [5.74, 6) is 0.397. The van der Waals surface area contributed by atoms with Crippen LogP contribution in [0, 0.1) is 5.82 Å². The average molecular weight is 450 g/mol. The zero-order chi connectivity index (χ0) is 22.1. The number of nitrogens with zero attached hydrogens (tertiary/aromatic N) is 1. The number of hydrogen-bond donors (Lipinski definition) is 2. The summed E-state index contributed by atoms with van der Waals surface area (Å²) in [6.07, 6.45) is 0.0346. The maximum Gasteiger partial charge on any atom is 0.419 e. The zero-order valence-corrected chi connectivity index (χ0v) is 17.4. The van der Waals surface area contributed by atoms with Crippen LogP contribution in [0.4, 0.5) is 17.6 Å². The molecule has 0 saturated carbocycles. The van der Waals surface area contributed by atoms with Gasteiger partial charge in [0.2, 0.25) is 5.91 Å². The first-order chi connectivity index (χ1) is 14.2. The number of thioether (sulfide) groups is 1. The fourth-order valence-electron chi connectivity index (χ4n) is 3.31. The maximum atomic E-state index is 13.4. The second-order valence-corrected chi connectivity index (χ2v) is 8.43. The van der Waals surface area contributed by atoms with Crippen LogP contribution in [0.3, 0.4) is 0 Å². The van der Waals surface area contributed by atoms with E-state index in [9.17, 15) is 27.5 Å². The third-order valence-electron chi connectivity index (χ3n) is 4.88. The molecule has 1 aromatic rings. The lowest BCUT2D eigenvalue weighted by Gasteiger charge is -2.22. The standard InChI is InChI=1S/C21H27F4NO3S/c22-19-7-3-15(14-18(19)21(23,24)25)13-17(28)6-4-16-5-8-20(29)26(16)9-12-30-11-2-1-10-27/h3-4,6-7,14,16-17,27-28H,1-2,5,8-13H2/b6-4+/t16?,17-/m1/s1. The normalized spacial score (nSPS) is 18.5. The van der Waals surface area contributed by atoms with Crippen molar-refractivity contribution in [2.75, 3.05) is 24.7 Å². The number of unbranched alkanes of at least 4 members (excludes halogenated alkanes) is 1. The van der Waals surface area contributed by atoms with Crippen molar-refractivity contribution in [1.29, 1.82) is 0 Å². The third kappa shape index (κ3) is 7.59. The fourth-order valence-corrected chi connectivity index (χ4v) is 4.25. The topological polar surface area (TPSA) is 60.8 Å². The van der Waals surface area contributed by atoms with Crippen molar-refractivity contribution in [3.8, 4) is 0 Å². The summed E-state index contributed by atoms with van der Waals surface area (Å²) in [5, 5.41) is 19.0. The minimum absolute atomic E-state index is 0.0449. The van der Waals surface area contributed by atoms with E-state index >= 15 is 0 Å². The lowest BCUT2D eigenvalue weighted by Crippen LogP contribution is -2.34. The number of hydrogen-bond acceptors (Lipinski definition) is 4. The second kappa shape index (κ2) is 11.7. The highest BCUT2D eigenvalue weighted by atomic mass is 32.2. The molecule has 168 valence electrons. The van der Waals surface area contributed by atoms with Gasteiger partial charge in [0.25, 0.3) is 0 Å². The summed E-state index contributed by atoms with van der Waals surface area (Å²) in [6, 6.07) is 2.54. The van der Waals surface area contributed by atoms with Crippen LogP contribution in [0.2, 0.25) is 0 Å². The molecule has 2 atom stereocenters. The van der Waals surface area contributed by atoms with Gasteiger partial charge in [-0.2, -0.15) is 24.9 Å². The molecular formula is C21H27F4NO3S. The van der Waals surface area contributed by atoms with Gasteiger partial charge in [0, 0.05) is 31.7 Å². The molecule has 2 N–H and O–H groups in total. The molecule has 0 radical (unpaired) electrons. The minimum atomic E-state index is -4.79. The van der Waals surface area contributed by atoms with E-state index in [2.05, 4.69) is 0 Å². The Hall–Kier alpha value is -1.58. The summed E-state index contributed by atoms with van der Waals surface area (Å²) in [6.45, 7) is 0.760. The van der Waals surface area contributed by atoms with E-state index in [-0.39, 0.29) is 30.5 Å². The van der Waals surface area contributed by atoms with Crippen LogP contribution in [-0.2, 0) is 17.4 Å². The highest BCUT2D eigenvalue weighted by molar-refractivity contribution is 7.99. The summed E-state index contributed by atoms with van der Waals surface area (Å²) in [7, 11) is 0. The molecular weight excluding hydrogens is 422 g/mol.